The molecule has 8 nitrogen and oxygen atoms in total. The summed E-state index contributed by atoms with van der Waals surface area (Å²) in [6, 6.07) is 6.16. The number of sulfonamides is 1. The van der Waals surface area contributed by atoms with Crippen LogP contribution in [-0.2, 0) is 14.8 Å². The second kappa shape index (κ2) is 7.77. The summed E-state index contributed by atoms with van der Waals surface area (Å²) in [7, 11) is -4.13. The van der Waals surface area contributed by atoms with Crippen LogP contribution in [0.25, 0.3) is 11.0 Å². The Bertz CT molecular complexity index is 1210. The highest BCUT2D eigenvalue weighted by molar-refractivity contribution is 7.89. The van der Waals surface area contributed by atoms with Crippen molar-refractivity contribution in [2.45, 2.75) is 43.7 Å². The molecular formula is C20H22FN5O3S. The summed E-state index contributed by atoms with van der Waals surface area (Å²) in [5, 5.41) is 7.81. The van der Waals surface area contributed by atoms with Crippen LogP contribution in [0.3, 0.4) is 0 Å². The number of halogens is 1. The minimum absolute atomic E-state index is 0.145. The molecule has 1 N–H and O–H groups in total. The Labute approximate surface area is 173 Å². The molecule has 0 bridgehead atoms. The largest absolute Gasteiger partial charge is 0.323 e. The summed E-state index contributed by atoms with van der Waals surface area (Å²) in [6.45, 7) is 4.15. The van der Waals surface area contributed by atoms with Crippen molar-refractivity contribution in [1.29, 1.82) is 0 Å². The first-order valence-electron chi connectivity index (χ1n) is 9.69. The Hall–Kier alpha value is -2.85. The number of rotatable bonds is 5. The lowest BCUT2D eigenvalue weighted by atomic mass is 10.2. The third kappa shape index (κ3) is 3.56. The third-order valence-electron chi connectivity index (χ3n) is 5.12. The van der Waals surface area contributed by atoms with Gasteiger partial charge in [-0.05, 0) is 44.9 Å². The van der Waals surface area contributed by atoms with E-state index in [9.17, 15) is 17.6 Å². The molecule has 3 heterocycles. The summed E-state index contributed by atoms with van der Waals surface area (Å²) in [5.74, 6) is -1.30. The highest BCUT2D eigenvalue weighted by Gasteiger charge is 2.40. The molecule has 2 aromatic heterocycles. The van der Waals surface area contributed by atoms with Crippen molar-refractivity contribution in [2.75, 3.05) is 11.9 Å². The van der Waals surface area contributed by atoms with Crippen LogP contribution in [0.1, 0.15) is 32.7 Å². The lowest BCUT2D eigenvalue weighted by Gasteiger charge is -2.23. The quantitative estimate of drug-likeness (QED) is 0.670. The maximum Gasteiger partial charge on any atom is 0.246 e. The van der Waals surface area contributed by atoms with Crippen LogP contribution < -0.4 is 5.32 Å². The van der Waals surface area contributed by atoms with Crippen molar-refractivity contribution in [2.24, 2.45) is 0 Å². The number of carbonyl (C=O) groups is 1. The second-order valence-corrected chi connectivity index (χ2v) is 9.37. The van der Waals surface area contributed by atoms with Crippen LogP contribution in [0, 0.1) is 5.82 Å². The van der Waals surface area contributed by atoms with Crippen molar-refractivity contribution in [3.63, 3.8) is 0 Å². The molecule has 0 spiro atoms. The fourth-order valence-corrected chi connectivity index (χ4v) is 5.41. The normalized spacial score (nSPS) is 17.7. The maximum atomic E-state index is 14.1. The van der Waals surface area contributed by atoms with Gasteiger partial charge in [0.25, 0.3) is 0 Å². The van der Waals surface area contributed by atoms with Gasteiger partial charge in [-0.1, -0.05) is 12.1 Å². The van der Waals surface area contributed by atoms with E-state index in [-0.39, 0.29) is 12.6 Å². The van der Waals surface area contributed by atoms with Crippen LogP contribution in [-0.4, -0.2) is 46.0 Å². The number of amides is 1. The van der Waals surface area contributed by atoms with Gasteiger partial charge in [0.1, 0.15) is 16.8 Å². The van der Waals surface area contributed by atoms with Gasteiger partial charge in [-0.3, -0.25) is 4.79 Å². The molecule has 1 aromatic carbocycles. The van der Waals surface area contributed by atoms with E-state index in [0.717, 1.165) is 15.8 Å². The van der Waals surface area contributed by atoms with E-state index < -0.39 is 32.7 Å². The van der Waals surface area contributed by atoms with Gasteiger partial charge in [-0.2, -0.15) is 9.40 Å². The first-order chi connectivity index (χ1) is 14.3. The highest BCUT2D eigenvalue weighted by Crippen LogP contribution is 2.28. The molecule has 1 amide bonds. The Balaban J connectivity index is 1.57. The number of carbonyl (C=O) groups excluding carboxylic acids is 1. The van der Waals surface area contributed by atoms with E-state index >= 15 is 0 Å². The molecule has 0 aliphatic carbocycles. The average Bonchev–Trinajstić information content (AvgIpc) is 3.35. The van der Waals surface area contributed by atoms with Crippen molar-refractivity contribution in [3.05, 3.63) is 48.5 Å². The van der Waals surface area contributed by atoms with Crippen LogP contribution in [0.2, 0.25) is 0 Å². The Morgan fingerprint density at radius 2 is 2.03 bits per heavy atom. The van der Waals surface area contributed by atoms with Gasteiger partial charge in [0.05, 0.1) is 18.1 Å². The van der Waals surface area contributed by atoms with E-state index in [1.54, 1.807) is 16.9 Å². The fourth-order valence-electron chi connectivity index (χ4n) is 3.68. The fraction of sp³-hybridized carbons (Fsp3) is 0.350. The lowest BCUT2D eigenvalue weighted by molar-refractivity contribution is -0.119. The molecule has 1 aliphatic rings. The van der Waals surface area contributed by atoms with E-state index in [2.05, 4.69) is 15.4 Å². The molecule has 158 valence electrons. The molecule has 10 heteroatoms. The molecule has 1 saturated heterocycles. The highest BCUT2D eigenvalue weighted by atomic mass is 32.2. The number of hydrogen-bond acceptors (Lipinski definition) is 5. The van der Waals surface area contributed by atoms with Crippen LogP contribution in [0.15, 0.2) is 47.6 Å². The Kier molecular flexibility index (Phi) is 5.29. The molecule has 1 atom stereocenters. The van der Waals surface area contributed by atoms with Crippen LogP contribution in [0.4, 0.5) is 10.1 Å². The predicted octanol–water partition coefficient (Wildman–Crippen LogP) is 2.94. The summed E-state index contributed by atoms with van der Waals surface area (Å²) < 4.78 is 42.8. The van der Waals surface area contributed by atoms with Gasteiger partial charge in [-0.25, -0.2) is 22.5 Å². The van der Waals surface area contributed by atoms with Crippen molar-refractivity contribution < 1.29 is 17.6 Å². The number of benzene rings is 1. The standard InChI is InChI=1S/C20H22FN5O3S/c1-13(2)26-19-14(11-23-26)10-15(12-22-19)24-20(27)17-7-5-9-25(17)30(28,29)18-8-4-3-6-16(18)21/h3-4,6,8,10-13,17H,5,7,9H2,1-2H3,(H,24,27)/t17-/m0/s1. The van der Waals surface area contributed by atoms with Crippen molar-refractivity contribution >= 4 is 32.7 Å². The molecule has 0 unspecified atom stereocenters. The number of pyridine rings is 1. The lowest BCUT2D eigenvalue weighted by Crippen LogP contribution is -2.43. The number of fused-ring (bicyclic) bond motifs is 1. The maximum absolute atomic E-state index is 14.1. The third-order valence-corrected chi connectivity index (χ3v) is 7.06. The van der Waals surface area contributed by atoms with Gasteiger partial charge in [0.15, 0.2) is 5.65 Å². The monoisotopic (exact) mass is 431 g/mol. The second-order valence-electron chi connectivity index (χ2n) is 7.51. The minimum Gasteiger partial charge on any atom is -0.323 e. The number of anilines is 1. The zero-order chi connectivity index (χ0) is 21.5. The van der Waals surface area contributed by atoms with E-state index in [0.29, 0.717) is 24.2 Å². The van der Waals surface area contributed by atoms with E-state index in [1.165, 1.54) is 24.4 Å². The minimum atomic E-state index is -4.13. The number of aromatic nitrogens is 3. The SMILES string of the molecule is CC(C)n1ncc2cc(NC(=O)[C@@H]3CCCN3S(=O)(=O)c3ccccc3F)cnc21. The van der Waals surface area contributed by atoms with Gasteiger partial charge in [0.2, 0.25) is 15.9 Å². The number of nitrogens with one attached hydrogen (secondary N) is 1. The van der Waals surface area contributed by atoms with Gasteiger partial charge >= 0.3 is 0 Å². The van der Waals surface area contributed by atoms with E-state index in [4.69, 9.17) is 0 Å². The van der Waals surface area contributed by atoms with Crippen LogP contribution >= 0.6 is 0 Å². The van der Waals surface area contributed by atoms with Crippen molar-refractivity contribution in [1.82, 2.24) is 19.1 Å². The van der Waals surface area contributed by atoms with E-state index in [1.807, 2.05) is 13.8 Å². The molecule has 4 rings (SSSR count). The summed E-state index contributed by atoms with van der Waals surface area (Å²) in [4.78, 5) is 16.8. The summed E-state index contributed by atoms with van der Waals surface area (Å²) >= 11 is 0. The Morgan fingerprint density at radius 1 is 1.27 bits per heavy atom. The first kappa shape index (κ1) is 20.4. The molecule has 0 radical (unpaired) electrons. The zero-order valence-corrected chi connectivity index (χ0v) is 17.4. The molecule has 3 aromatic rings. The number of nitrogens with zero attached hydrogens (tertiary/aromatic N) is 4. The molecule has 1 aliphatic heterocycles. The summed E-state index contributed by atoms with van der Waals surface area (Å²) in [5.41, 5.74) is 1.15. The number of hydrogen-bond donors (Lipinski definition) is 1. The molecule has 1 fully saturated rings. The van der Waals surface area contributed by atoms with Gasteiger partial charge in [-0.15, -0.1) is 0 Å². The van der Waals surface area contributed by atoms with Crippen LogP contribution in [0.5, 0.6) is 0 Å². The molecular weight excluding hydrogens is 409 g/mol. The molecule has 0 saturated carbocycles. The summed E-state index contributed by atoms with van der Waals surface area (Å²) in [6.07, 6.45) is 4.07. The molecule has 30 heavy (non-hydrogen) atoms. The topological polar surface area (TPSA) is 97.2 Å². The first-order valence-corrected chi connectivity index (χ1v) is 11.1. The van der Waals surface area contributed by atoms with Crippen molar-refractivity contribution in [3.8, 4) is 0 Å². The van der Waals surface area contributed by atoms with Gasteiger partial charge < -0.3 is 5.32 Å². The van der Waals surface area contributed by atoms with Gasteiger partial charge in [0, 0.05) is 18.0 Å². The Morgan fingerprint density at radius 3 is 2.77 bits per heavy atom. The average molecular weight is 431 g/mol. The smallest absolute Gasteiger partial charge is 0.246 e. The predicted molar refractivity (Wildman–Crippen MR) is 110 cm³/mol. The zero-order valence-electron chi connectivity index (χ0n) is 16.6.